The van der Waals surface area contributed by atoms with Gasteiger partial charge in [-0.2, -0.15) is 13.2 Å². The highest BCUT2D eigenvalue weighted by molar-refractivity contribution is 7.13. The molecule has 3 aromatic rings. The van der Waals surface area contributed by atoms with Crippen molar-refractivity contribution in [2.45, 2.75) is 25.6 Å². The SMILES string of the molecule is O=C(O)c1ccccc1CCC(=O)N1C[C@@H](Cn2cc(-c3cncs3)nn2)[C@H](C(F)(F)F)C1. The van der Waals surface area contributed by atoms with Crippen molar-refractivity contribution in [2.24, 2.45) is 11.8 Å². The molecule has 2 atom stereocenters. The largest absolute Gasteiger partial charge is 0.478 e. The van der Waals surface area contributed by atoms with Crippen molar-refractivity contribution < 1.29 is 27.9 Å². The summed E-state index contributed by atoms with van der Waals surface area (Å²) in [5.41, 5.74) is 2.72. The van der Waals surface area contributed by atoms with E-state index in [0.717, 1.165) is 4.88 Å². The number of alkyl halides is 3. The van der Waals surface area contributed by atoms with Gasteiger partial charge >= 0.3 is 12.1 Å². The van der Waals surface area contributed by atoms with Crippen molar-refractivity contribution in [1.82, 2.24) is 24.9 Å². The fraction of sp³-hybridized carbons (Fsp3) is 0.381. The van der Waals surface area contributed by atoms with Crippen LogP contribution in [0.15, 0.2) is 42.2 Å². The van der Waals surface area contributed by atoms with Gasteiger partial charge in [0.1, 0.15) is 5.69 Å². The molecule has 1 amide bonds. The van der Waals surface area contributed by atoms with Gasteiger partial charge in [0.25, 0.3) is 0 Å². The Morgan fingerprint density at radius 3 is 2.70 bits per heavy atom. The molecule has 33 heavy (non-hydrogen) atoms. The molecule has 1 aromatic carbocycles. The summed E-state index contributed by atoms with van der Waals surface area (Å²) in [6, 6.07) is 6.29. The predicted octanol–water partition coefficient (Wildman–Crippen LogP) is 3.37. The van der Waals surface area contributed by atoms with Gasteiger partial charge in [-0.3, -0.25) is 14.5 Å². The summed E-state index contributed by atoms with van der Waals surface area (Å²) < 4.78 is 42.5. The Morgan fingerprint density at radius 1 is 1.21 bits per heavy atom. The van der Waals surface area contributed by atoms with Gasteiger partial charge in [0.15, 0.2) is 0 Å². The Hall–Kier alpha value is -3.28. The summed E-state index contributed by atoms with van der Waals surface area (Å²) in [6.07, 6.45) is -1.21. The first kappa shape index (κ1) is 22.9. The third-order valence-electron chi connectivity index (χ3n) is 5.72. The second-order valence-electron chi connectivity index (χ2n) is 7.86. The molecule has 0 radical (unpaired) electrons. The molecule has 1 aliphatic rings. The van der Waals surface area contributed by atoms with Crippen LogP contribution in [0.2, 0.25) is 0 Å². The van der Waals surface area contributed by atoms with Crippen LogP contribution < -0.4 is 0 Å². The van der Waals surface area contributed by atoms with Crippen LogP contribution in [-0.4, -0.2) is 61.1 Å². The Labute approximate surface area is 190 Å². The molecule has 0 saturated carbocycles. The van der Waals surface area contributed by atoms with Crippen molar-refractivity contribution >= 4 is 23.2 Å². The van der Waals surface area contributed by atoms with E-state index in [4.69, 9.17) is 0 Å². The lowest BCUT2D eigenvalue weighted by atomic mass is 9.95. The number of likely N-dealkylation sites (tertiary alicyclic amines) is 1. The molecule has 0 spiro atoms. The van der Waals surface area contributed by atoms with E-state index in [1.54, 1.807) is 36.1 Å². The van der Waals surface area contributed by atoms with Gasteiger partial charge in [-0.05, 0) is 18.1 Å². The first-order chi connectivity index (χ1) is 15.7. The van der Waals surface area contributed by atoms with Crippen molar-refractivity contribution in [3.63, 3.8) is 0 Å². The maximum atomic E-state index is 13.7. The highest BCUT2D eigenvalue weighted by Gasteiger charge is 2.50. The third-order valence-corrected chi connectivity index (χ3v) is 6.51. The number of aromatic carboxylic acids is 1. The van der Waals surface area contributed by atoms with Gasteiger partial charge in [-0.15, -0.1) is 16.4 Å². The molecular formula is C21H20F3N5O3S. The normalized spacial score (nSPS) is 18.6. The molecule has 8 nitrogen and oxygen atoms in total. The molecule has 1 aliphatic heterocycles. The van der Waals surface area contributed by atoms with E-state index in [0.29, 0.717) is 11.3 Å². The van der Waals surface area contributed by atoms with E-state index < -0.39 is 36.4 Å². The fourth-order valence-electron chi connectivity index (χ4n) is 4.06. The van der Waals surface area contributed by atoms with Crippen LogP contribution in [0.3, 0.4) is 0 Å². The number of aryl methyl sites for hydroxylation is 1. The zero-order valence-corrected chi connectivity index (χ0v) is 18.1. The number of benzene rings is 1. The first-order valence-electron chi connectivity index (χ1n) is 10.2. The summed E-state index contributed by atoms with van der Waals surface area (Å²) in [5.74, 6) is -4.09. The quantitative estimate of drug-likeness (QED) is 0.558. The van der Waals surface area contributed by atoms with Gasteiger partial charge in [-0.1, -0.05) is 23.4 Å². The Bertz CT molecular complexity index is 1130. The number of carboxylic acid groups (broad SMARTS) is 1. The van der Waals surface area contributed by atoms with Crippen molar-refractivity contribution in [2.75, 3.05) is 13.1 Å². The Kier molecular flexibility index (Phi) is 6.45. The second kappa shape index (κ2) is 9.30. The number of carbonyl (C=O) groups excluding carboxylic acids is 1. The topological polar surface area (TPSA) is 101 Å². The van der Waals surface area contributed by atoms with Crippen LogP contribution in [0.1, 0.15) is 22.3 Å². The second-order valence-corrected chi connectivity index (χ2v) is 8.75. The molecule has 0 bridgehead atoms. The van der Waals surface area contributed by atoms with Crippen LogP contribution in [-0.2, 0) is 17.8 Å². The van der Waals surface area contributed by atoms with Gasteiger partial charge in [0.2, 0.25) is 5.91 Å². The van der Waals surface area contributed by atoms with E-state index in [2.05, 4.69) is 15.3 Å². The lowest BCUT2D eigenvalue weighted by Gasteiger charge is -2.20. The van der Waals surface area contributed by atoms with Crippen LogP contribution in [0, 0.1) is 11.8 Å². The number of hydrogen-bond acceptors (Lipinski definition) is 6. The molecule has 1 saturated heterocycles. The van der Waals surface area contributed by atoms with Gasteiger partial charge in [0, 0.05) is 38.2 Å². The number of hydrogen-bond donors (Lipinski definition) is 1. The van der Waals surface area contributed by atoms with Crippen LogP contribution in [0.25, 0.3) is 10.6 Å². The molecule has 0 aliphatic carbocycles. The van der Waals surface area contributed by atoms with Crippen molar-refractivity contribution in [1.29, 1.82) is 0 Å². The van der Waals surface area contributed by atoms with E-state index in [9.17, 15) is 27.9 Å². The van der Waals surface area contributed by atoms with E-state index in [1.165, 1.54) is 27.0 Å². The molecule has 1 fully saturated rings. The number of nitrogens with zero attached hydrogens (tertiary/aromatic N) is 5. The standard InChI is InChI=1S/C21H20F3N5O3S/c22-21(23,24)16-10-28(19(30)6-5-13-3-1-2-4-15(13)20(31)32)8-14(16)9-29-11-17(26-27-29)18-7-25-12-33-18/h1-4,7,11-12,14,16H,5-6,8-10H2,(H,31,32)/t14-,16+/m0/s1. The van der Waals surface area contributed by atoms with Gasteiger partial charge < -0.3 is 10.0 Å². The highest BCUT2D eigenvalue weighted by atomic mass is 32.1. The number of amides is 1. The predicted molar refractivity (Wildman–Crippen MR) is 112 cm³/mol. The molecule has 1 N–H and O–H groups in total. The average molecular weight is 479 g/mol. The zero-order valence-electron chi connectivity index (χ0n) is 17.3. The van der Waals surface area contributed by atoms with Crippen LogP contribution in [0.5, 0.6) is 0 Å². The van der Waals surface area contributed by atoms with Crippen molar-refractivity contribution in [3.8, 4) is 10.6 Å². The van der Waals surface area contributed by atoms with E-state index >= 15 is 0 Å². The minimum Gasteiger partial charge on any atom is -0.478 e. The molecule has 174 valence electrons. The highest BCUT2D eigenvalue weighted by Crippen LogP contribution is 2.38. The Morgan fingerprint density at radius 2 is 2.00 bits per heavy atom. The van der Waals surface area contributed by atoms with E-state index in [1.807, 2.05) is 0 Å². The minimum atomic E-state index is -4.46. The molecular weight excluding hydrogens is 459 g/mol. The number of thiazole rings is 1. The summed E-state index contributed by atoms with van der Waals surface area (Å²) in [7, 11) is 0. The smallest absolute Gasteiger partial charge is 0.393 e. The van der Waals surface area contributed by atoms with Crippen molar-refractivity contribution in [3.05, 3.63) is 53.3 Å². The number of carboxylic acids is 1. The zero-order chi connectivity index (χ0) is 23.6. The number of rotatable bonds is 7. The summed E-state index contributed by atoms with van der Waals surface area (Å²) in [5, 5.41) is 17.2. The fourth-order valence-corrected chi connectivity index (χ4v) is 4.63. The Balaban J connectivity index is 1.43. The summed E-state index contributed by atoms with van der Waals surface area (Å²) >= 11 is 1.35. The van der Waals surface area contributed by atoms with Crippen LogP contribution >= 0.6 is 11.3 Å². The maximum Gasteiger partial charge on any atom is 0.393 e. The number of aromatic nitrogens is 4. The van der Waals surface area contributed by atoms with Gasteiger partial charge in [0.05, 0.1) is 28.1 Å². The molecule has 0 unspecified atom stereocenters. The lowest BCUT2D eigenvalue weighted by Crippen LogP contribution is -2.33. The molecule has 12 heteroatoms. The number of halogens is 3. The molecule has 2 aromatic heterocycles. The first-order valence-corrected chi connectivity index (χ1v) is 11.0. The van der Waals surface area contributed by atoms with E-state index in [-0.39, 0.29) is 31.5 Å². The number of carbonyl (C=O) groups is 2. The van der Waals surface area contributed by atoms with Gasteiger partial charge in [-0.25, -0.2) is 4.79 Å². The minimum absolute atomic E-state index is 0.0262. The molecule has 3 heterocycles. The summed E-state index contributed by atoms with van der Waals surface area (Å²) in [6.45, 7) is -0.509. The average Bonchev–Trinajstić information content (AvgIpc) is 3.52. The lowest BCUT2D eigenvalue weighted by molar-refractivity contribution is -0.181. The maximum absolute atomic E-state index is 13.7. The monoisotopic (exact) mass is 479 g/mol. The van der Waals surface area contributed by atoms with Crippen LogP contribution in [0.4, 0.5) is 13.2 Å². The molecule has 4 rings (SSSR count). The summed E-state index contributed by atoms with van der Waals surface area (Å²) in [4.78, 5) is 30.0. The third kappa shape index (κ3) is 5.21.